The molecule has 2 N–H and O–H groups in total. The molecule has 0 saturated carbocycles. The first-order valence-corrected chi connectivity index (χ1v) is 14.9. The van der Waals surface area contributed by atoms with Gasteiger partial charge in [0, 0.05) is 36.5 Å². The van der Waals surface area contributed by atoms with Gasteiger partial charge in [-0.3, -0.25) is 10.2 Å². The minimum absolute atomic E-state index is 0.171. The average Bonchev–Trinajstić information content (AvgIpc) is 3.43. The highest BCUT2D eigenvalue weighted by molar-refractivity contribution is 6.09. The number of morpholine rings is 1. The Bertz CT molecular complexity index is 1730. The SMILES string of the molecule is Cc1ccc(-n2nc(C(C)(C)C)cc2NC(=O)Nc2ccc(-c3ccc(CN4CCOCC4)cc3)c3ccccc23)cc1. The van der Waals surface area contributed by atoms with E-state index >= 15 is 0 Å². The molecule has 0 unspecified atom stereocenters. The number of carbonyl (C=O) groups excluding carboxylic acids is 1. The summed E-state index contributed by atoms with van der Waals surface area (Å²) in [6.45, 7) is 12.9. The van der Waals surface area contributed by atoms with E-state index in [4.69, 9.17) is 9.84 Å². The van der Waals surface area contributed by atoms with Crippen molar-refractivity contribution in [1.29, 1.82) is 0 Å². The molecule has 5 aromatic rings. The summed E-state index contributed by atoms with van der Waals surface area (Å²) in [6.07, 6.45) is 0. The van der Waals surface area contributed by atoms with Crippen molar-refractivity contribution in [3.63, 3.8) is 0 Å². The van der Waals surface area contributed by atoms with Crippen molar-refractivity contribution in [3.05, 3.63) is 108 Å². The number of ether oxygens (including phenoxy) is 1. The normalized spacial score (nSPS) is 14.1. The monoisotopic (exact) mass is 573 g/mol. The van der Waals surface area contributed by atoms with Crippen LogP contribution in [0.5, 0.6) is 0 Å². The number of urea groups is 1. The fourth-order valence-electron chi connectivity index (χ4n) is 5.46. The average molecular weight is 574 g/mol. The van der Waals surface area contributed by atoms with Gasteiger partial charge < -0.3 is 10.1 Å². The van der Waals surface area contributed by atoms with E-state index in [0.717, 1.165) is 71.8 Å². The van der Waals surface area contributed by atoms with Crippen LogP contribution in [-0.2, 0) is 16.7 Å². The Hall–Kier alpha value is -4.46. The van der Waals surface area contributed by atoms with Crippen LogP contribution in [0.3, 0.4) is 0 Å². The Balaban J connectivity index is 1.24. The molecule has 0 spiro atoms. The molecule has 0 aliphatic carbocycles. The highest BCUT2D eigenvalue weighted by Gasteiger charge is 2.22. The van der Waals surface area contributed by atoms with Crippen molar-refractivity contribution >= 4 is 28.3 Å². The summed E-state index contributed by atoms with van der Waals surface area (Å²) in [4.78, 5) is 15.8. The second-order valence-corrected chi connectivity index (χ2v) is 12.3. The van der Waals surface area contributed by atoms with Crippen molar-refractivity contribution in [3.8, 4) is 16.8 Å². The molecule has 1 aliphatic heterocycles. The van der Waals surface area contributed by atoms with Gasteiger partial charge in [-0.2, -0.15) is 5.10 Å². The van der Waals surface area contributed by atoms with E-state index in [2.05, 4.69) is 85.7 Å². The second kappa shape index (κ2) is 12.0. The topological polar surface area (TPSA) is 71.4 Å². The lowest BCUT2D eigenvalue weighted by Crippen LogP contribution is -2.35. The highest BCUT2D eigenvalue weighted by atomic mass is 16.5. The molecule has 1 aliphatic rings. The number of aryl methyl sites for hydroxylation is 1. The third-order valence-electron chi connectivity index (χ3n) is 7.95. The first-order valence-electron chi connectivity index (χ1n) is 14.9. The number of amides is 2. The summed E-state index contributed by atoms with van der Waals surface area (Å²) in [5, 5.41) is 13.1. The number of aromatic nitrogens is 2. The van der Waals surface area contributed by atoms with E-state index in [1.54, 1.807) is 4.68 Å². The lowest BCUT2D eigenvalue weighted by Gasteiger charge is -2.26. The van der Waals surface area contributed by atoms with Crippen LogP contribution in [0.25, 0.3) is 27.6 Å². The standard InChI is InChI=1S/C36H39N5O2/c1-25-9-15-28(16-10-25)41-34(23-33(39-41)36(2,3)4)38-35(42)37-32-18-17-29(30-7-5-6-8-31(30)32)27-13-11-26(12-14-27)24-40-19-21-43-22-20-40/h5-18,23H,19-22,24H2,1-4H3,(H2,37,38,42). The van der Waals surface area contributed by atoms with Crippen molar-refractivity contribution in [1.82, 2.24) is 14.7 Å². The van der Waals surface area contributed by atoms with Gasteiger partial charge in [0.15, 0.2) is 0 Å². The number of hydrogen-bond donors (Lipinski definition) is 2. The van der Waals surface area contributed by atoms with Crippen LogP contribution in [0, 0.1) is 6.92 Å². The Morgan fingerprint density at radius 1 is 0.860 bits per heavy atom. The van der Waals surface area contributed by atoms with E-state index in [0.29, 0.717) is 5.82 Å². The molecule has 4 aromatic carbocycles. The lowest BCUT2D eigenvalue weighted by molar-refractivity contribution is 0.0342. The van der Waals surface area contributed by atoms with Gasteiger partial charge in [0.25, 0.3) is 0 Å². The summed E-state index contributed by atoms with van der Waals surface area (Å²) >= 11 is 0. The van der Waals surface area contributed by atoms with Crippen molar-refractivity contribution in [2.24, 2.45) is 0 Å². The minimum Gasteiger partial charge on any atom is -0.379 e. The van der Waals surface area contributed by atoms with Gasteiger partial charge in [0.2, 0.25) is 0 Å². The fraction of sp³-hybridized carbons (Fsp3) is 0.278. The van der Waals surface area contributed by atoms with Gasteiger partial charge in [-0.25, -0.2) is 9.48 Å². The summed E-state index contributed by atoms with van der Waals surface area (Å²) in [6, 6.07) is 30.8. The summed E-state index contributed by atoms with van der Waals surface area (Å²) in [5.74, 6) is 0.615. The van der Waals surface area contributed by atoms with Crippen LogP contribution < -0.4 is 10.6 Å². The third-order valence-corrected chi connectivity index (χ3v) is 7.95. The zero-order valence-corrected chi connectivity index (χ0v) is 25.4. The van der Waals surface area contributed by atoms with Crippen molar-refractivity contribution in [2.75, 3.05) is 36.9 Å². The van der Waals surface area contributed by atoms with Crippen LogP contribution in [0.1, 0.15) is 37.6 Å². The molecule has 1 aromatic heterocycles. The predicted molar refractivity (Wildman–Crippen MR) is 175 cm³/mol. The Morgan fingerprint density at radius 3 is 2.26 bits per heavy atom. The molecule has 7 nitrogen and oxygen atoms in total. The minimum atomic E-state index is -0.320. The molecule has 43 heavy (non-hydrogen) atoms. The van der Waals surface area contributed by atoms with E-state index in [1.165, 1.54) is 11.1 Å². The number of nitrogens with zero attached hydrogens (tertiary/aromatic N) is 3. The summed E-state index contributed by atoms with van der Waals surface area (Å²) in [5.41, 5.74) is 7.11. The lowest BCUT2D eigenvalue weighted by atomic mass is 9.92. The maximum atomic E-state index is 13.4. The highest BCUT2D eigenvalue weighted by Crippen LogP contribution is 2.34. The molecular formula is C36H39N5O2. The number of rotatable bonds is 6. The Labute approximate surface area is 253 Å². The fourth-order valence-corrected chi connectivity index (χ4v) is 5.46. The van der Waals surface area contributed by atoms with Crippen molar-refractivity contribution < 1.29 is 9.53 Å². The number of carbonyl (C=O) groups is 1. The molecule has 0 radical (unpaired) electrons. The molecular weight excluding hydrogens is 534 g/mol. The van der Waals surface area contributed by atoms with E-state index in [9.17, 15) is 4.79 Å². The molecule has 0 atom stereocenters. The first kappa shape index (κ1) is 28.6. The van der Waals surface area contributed by atoms with Gasteiger partial charge in [-0.15, -0.1) is 0 Å². The van der Waals surface area contributed by atoms with E-state index in [-0.39, 0.29) is 11.4 Å². The predicted octanol–water partition coefficient (Wildman–Crippen LogP) is 7.77. The number of hydrogen-bond acceptors (Lipinski definition) is 4. The smallest absolute Gasteiger partial charge is 0.324 e. The summed E-state index contributed by atoms with van der Waals surface area (Å²) in [7, 11) is 0. The zero-order valence-electron chi connectivity index (χ0n) is 25.4. The van der Waals surface area contributed by atoms with Gasteiger partial charge in [0.05, 0.1) is 30.3 Å². The maximum absolute atomic E-state index is 13.4. The van der Waals surface area contributed by atoms with Crippen LogP contribution in [0.4, 0.5) is 16.3 Å². The number of benzene rings is 4. The van der Waals surface area contributed by atoms with Crippen LogP contribution >= 0.6 is 0 Å². The Morgan fingerprint density at radius 2 is 1.56 bits per heavy atom. The van der Waals surface area contributed by atoms with E-state index in [1.807, 2.05) is 48.5 Å². The quantitative estimate of drug-likeness (QED) is 0.218. The first-order chi connectivity index (χ1) is 20.7. The molecule has 1 saturated heterocycles. The van der Waals surface area contributed by atoms with Crippen LogP contribution in [0.15, 0.2) is 91.0 Å². The van der Waals surface area contributed by atoms with Crippen LogP contribution in [-0.4, -0.2) is 47.0 Å². The third kappa shape index (κ3) is 6.48. The van der Waals surface area contributed by atoms with E-state index < -0.39 is 0 Å². The summed E-state index contributed by atoms with van der Waals surface area (Å²) < 4.78 is 7.28. The molecule has 7 heteroatoms. The molecule has 220 valence electrons. The van der Waals surface area contributed by atoms with Gasteiger partial charge in [-0.05, 0) is 47.2 Å². The number of nitrogens with one attached hydrogen (secondary N) is 2. The maximum Gasteiger partial charge on any atom is 0.324 e. The molecule has 2 amide bonds. The van der Waals surface area contributed by atoms with Gasteiger partial charge in [0.1, 0.15) is 5.82 Å². The number of anilines is 2. The Kier molecular flexibility index (Phi) is 8.02. The molecule has 2 heterocycles. The van der Waals surface area contributed by atoms with Gasteiger partial charge in [-0.1, -0.05) is 93.1 Å². The van der Waals surface area contributed by atoms with Crippen LogP contribution in [0.2, 0.25) is 0 Å². The molecule has 1 fully saturated rings. The second-order valence-electron chi connectivity index (χ2n) is 12.3. The molecule has 0 bridgehead atoms. The van der Waals surface area contributed by atoms with Crippen molar-refractivity contribution in [2.45, 2.75) is 39.7 Å². The van der Waals surface area contributed by atoms with Gasteiger partial charge >= 0.3 is 6.03 Å². The number of fused-ring (bicyclic) bond motifs is 1. The zero-order chi connectivity index (χ0) is 30.0. The molecule has 6 rings (SSSR count). The largest absolute Gasteiger partial charge is 0.379 e.